The standard InChI is InChI=1S/C24H31FN4O2/c1-24(2,3)21-20-13-17(14-26-11-4-5-16-10-12-31-15-16)23(30)27-22(20)29(28-21)19-8-6-18(25)7-9-19/h6-9,13,16,26H,4-5,10-12,14-15H2,1-3H3,(H,27,30). The lowest BCUT2D eigenvalue weighted by Gasteiger charge is -2.15. The van der Waals surface area contributed by atoms with Crippen molar-refractivity contribution in [3.05, 3.63) is 57.8 Å². The molecule has 0 bridgehead atoms. The van der Waals surface area contributed by atoms with Gasteiger partial charge in [-0.1, -0.05) is 20.8 Å². The first-order valence-electron chi connectivity index (χ1n) is 11.0. The minimum absolute atomic E-state index is 0.132. The first kappa shape index (κ1) is 21.7. The number of hydrogen-bond donors (Lipinski definition) is 2. The van der Waals surface area contributed by atoms with Crippen LogP contribution in [0.15, 0.2) is 35.1 Å². The Labute approximate surface area is 181 Å². The first-order valence-corrected chi connectivity index (χ1v) is 11.0. The van der Waals surface area contributed by atoms with Crippen molar-refractivity contribution in [3.63, 3.8) is 0 Å². The van der Waals surface area contributed by atoms with Gasteiger partial charge in [-0.05, 0) is 62.1 Å². The highest BCUT2D eigenvalue weighted by Gasteiger charge is 2.24. The number of hydrogen-bond acceptors (Lipinski definition) is 4. The summed E-state index contributed by atoms with van der Waals surface area (Å²) in [6.45, 7) is 9.44. The SMILES string of the molecule is CC(C)(C)c1nn(-c2ccc(F)cc2)c2[nH]c(=O)c(CNCCCC3CCOC3)cc12. The lowest BCUT2D eigenvalue weighted by atomic mass is 9.90. The number of rotatable bonds is 7. The van der Waals surface area contributed by atoms with Gasteiger partial charge in [0.15, 0.2) is 0 Å². The largest absolute Gasteiger partial charge is 0.381 e. The van der Waals surface area contributed by atoms with Crippen molar-refractivity contribution in [3.8, 4) is 5.69 Å². The van der Waals surface area contributed by atoms with Crippen molar-refractivity contribution in [2.75, 3.05) is 19.8 Å². The molecular weight excluding hydrogens is 395 g/mol. The molecule has 6 nitrogen and oxygen atoms in total. The third kappa shape index (κ3) is 4.88. The predicted octanol–water partition coefficient (Wildman–Crippen LogP) is 4.06. The van der Waals surface area contributed by atoms with Crippen molar-refractivity contribution < 1.29 is 9.13 Å². The fourth-order valence-corrected chi connectivity index (χ4v) is 4.12. The predicted molar refractivity (Wildman–Crippen MR) is 120 cm³/mol. The van der Waals surface area contributed by atoms with E-state index in [1.165, 1.54) is 12.1 Å². The smallest absolute Gasteiger partial charge is 0.254 e. The molecule has 7 heteroatoms. The Bertz CT molecular complexity index is 1090. The van der Waals surface area contributed by atoms with Gasteiger partial charge in [0.2, 0.25) is 0 Å². The van der Waals surface area contributed by atoms with Gasteiger partial charge in [-0.25, -0.2) is 9.07 Å². The van der Waals surface area contributed by atoms with E-state index in [0.29, 0.717) is 29.4 Å². The van der Waals surface area contributed by atoms with E-state index in [-0.39, 0.29) is 16.8 Å². The monoisotopic (exact) mass is 426 g/mol. The number of fused-ring (bicyclic) bond motifs is 1. The summed E-state index contributed by atoms with van der Waals surface area (Å²) in [6.07, 6.45) is 3.38. The summed E-state index contributed by atoms with van der Waals surface area (Å²) in [7, 11) is 0. The number of aromatic amines is 1. The number of halogens is 1. The Morgan fingerprint density at radius 3 is 2.74 bits per heavy atom. The molecule has 1 aromatic carbocycles. The molecule has 3 heterocycles. The van der Waals surface area contributed by atoms with Crippen molar-refractivity contribution in [1.29, 1.82) is 0 Å². The van der Waals surface area contributed by atoms with E-state index in [4.69, 9.17) is 9.84 Å². The lowest BCUT2D eigenvalue weighted by molar-refractivity contribution is 0.184. The van der Waals surface area contributed by atoms with Gasteiger partial charge in [0, 0.05) is 36.1 Å². The fourth-order valence-electron chi connectivity index (χ4n) is 4.12. The number of pyridine rings is 1. The lowest BCUT2D eigenvalue weighted by Crippen LogP contribution is -2.22. The third-order valence-corrected chi connectivity index (χ3v) is 5.85. The van der Waals surface area contributed by atoms with E-state index >= 15 is 0 Å². The molecule has 1 saturated heterocycles. The number of H-pyrrole nitrogens is 1. The summed E-state index contributed by atoms with van der Waals surface area (Å²) in [5.41, 5.74) is 2.58. The Morgan fingerprint density at radius 2 is 2.06 bits per heavy atom. The minimum Gasteiger partial charge on any atom is -0.381 e. The van der Waals surface area contributed by atoms with Crippen LogP contribution in [0.2, 0.25) is 0 Å². The molecule has 1 atom stereocenters. The molecule has 0 radical (unpaired) electrons. The van der Waals surface area contributed by atoms with Gasteiger partial charge in [-0.15, -0.1) is 0 Å². The topological polar surface area (TPSA) is 71.9 Å². The zero-order valence-electron chi connectivity index (χ0n) is 18.5. The van der Waals surface area contributed by atoms with Gasteiger partial charge < -0.3 is 15.0 Å². The molecule has 1 aliphatic heterocycles. The molecule has 166 valence electrons. The van der Waals surface area contributed by atoms with Gasteiger partial charge in [0.25, 0.3) is 5.56 Å². The molecule has 31 heavy (non-hydrogen) atoms. The molecule has 2 aromatic heterocycles. The maximum Gasteiger partial charge on any atom is 0.254 e. The van der Waals surface area contributed by atoms with Gasteiger partial charge in [0.05, 0.1) is 11.4 Å². The van der Waals surface area contributed by atoms with E-state index in [1.54, 1.807) is 16.8 Å². The van der Waals surface area contributed by atoms with Crippen LogP contribution in [0.3, 0.4) is 0 Å². The van der Waals surface area contributed by atoms with Crippen LogP contribution < -0.4 is 10.9 Å². The highest BCUT2D eigenvalue weighted by Crippen LogP contribution is 2.30. The Morgan fingerprint density at radius 1 is 1.29 bits per heavy atom. The minimum atomic E-state index is -0.307. The van der Waals surface area contributed by atoms with Crippen molar-refractivity contribution in [1.82, 2.24) is 20.1 Å². The van der Waals surface area contributed by atoms with Crippen LogP contribution in [0.4, 0.5) is 4.39 Å². The van der Waals surface area contributed by atoms with Crippen LogP contribution in [0.1, 0.15) is 51.3 Å². The normalized spacial score (nSPS) is 17.0. The summed E-state index contributed by atoms with van der Waals surface area (Å²) in [4.78, 5) is 15.8. The summed E-state index contributed by atoms with van der Waals surface area (Å²) >= 11 is 0. The average molecular weight is 427 g/mol. The molecule has 1 aliphatic rings. The van der Waals surface area contributed by atoms with Crippen molar-refractivity contribution in [2.45, 2.75) is 52.0 Å². The van der Waals surface area contributed by atoms with Crippen molar-refractivity contribution in [2.24, 2.45) is 5.92 Å². The second kappa shape index (κ2) is 8.93. The summed E-state index contributed by atoms with van der Waals surface area (Å²) in [5, 5.41) is 9.11. The summed E-state index contributed by atoms with van der Waals surface area (Å²) in [5.74, 6) is 0.367. The molecule has 0 amide bonds. The molecule has 0 spiro atoms. The van der Waals surface area contributed by atoms with E-state index < -0.39 is 0 Å². The van der Waals surface area contributed by atoms with Crippen LogP contribution >= 0.6 is 0 Å². The number of nitrogens with one attached hydrogen (secondary N) is 2. The Kier molecular flexibility index (Phi) is 6.25. The highest BCUT2D eigenvalue weighted by molar-refractivity contribution is 5.81. The molecule has 1 fully saturated rings. The van der Waals surface area contributed by atoms with Crippen molar-refractivity contribution >= 4 is 11.0 Å². The van der Waals surface area contributed by atoms with Gasteiger partial charge >= 0.3 is 0 Å². The fraction of sp³-hybridized carbons (Fsp3) is 0.500. The zero-order valence-corrected chi connectivity index (χ0v) is 18.5. The first-order chi connectivity index (χ1) is 14.8. The molecule has 1 unspecified atom stereocenters. The molecule has 0 saturated carbocycles. The molecular formula is C24H31FN4O2. The van der Waals surface area contributed by atoms with E-state index in [2.05, 4.69) is 31.1 Å². The number of benzene rings is 1. The molecule has 0 aliphatic carbocycles. The molecule has 4 rings (SSSR count). The average Bonchev–Trinajstić information content (AvgIpc) is 3.36. The van der Waals surface area contributed by atoms with Gasteiger partial charge in [0.1, 0.15) is 11.5 Å². The quantitative estimate of drug-likeness (QED) is 0.559. The third-order valence-electron chi connectivity index (χ3n) is 5.85. The van der Waals surface area contributed by atoms with Crippen LogP contribution in [0.25, 0.3) is 16.7 Å². The summed E-state index contributed by atoms with van der Waals surface area (Å²) in [6, 6.07) is 8.07. The van der Waals surface area contributed by atoms with Crippen LogP contribution in [-0.2, 0) is 16.7 Å². The number of aromatic nitrogens is 3. The van der Waals surface area contributed by atoms with Gasteiger partial charge in [-0.3, -0.25) is 4.79 Å². The maximum absolute atomic E-state index is 13.4. The number of ether oxygens (including phenoxy) is 1. The van der Waals surface area contributed by atoms with E-state index in [0.717, 1.165) is 50.1 Å². The number of nitrogens with zero attached hydrogens (tertiary/aromatic N) is 2. The maximum atomic E-state index is 13.4. The Balaban J connectivity index is 1.57. The van der Waals surface area contributed by atoms with E-state index in [9.17, 15) is 9.18 Å². The van der Waals surface area contributed by atoms with Crippen LogP contribution in [0.5, 0.6) is 0 Å². The second-order valence-corrected chi connectivity index (χ2v) is 9.42. The van der Waals surface area contributed by atoms with Crippen LogP contribution in [-0.4, -0.2) is 34.5 Å². The highest BCUT2D eigenvalue weighted by atomic mass is 19.1. The molecule has 2 N–H and O–H groups in total. The Hall–Kier alpha value is -2.51. The second-order valence-electron chi connectivity index (χ2n) is 9.42. The van der Waals surface area contributed by atoms with Gasteiger partial charge in [-0.2, -0.15) is 5.10 Å². The molecule has 3 aromatic rings. The van der Waals surface area contributed by atoms with E-state index in [1.807, 2.05) is 6.07 Å². The van der Waals surface area contributed by atoms with Crippen LogP contribution in [0, 0.1) is 11.7 Å². The zero-order chi connectivity index (χ0) is 22.0. The summed E-state index contributed by atoms with van der Waals surface area (Å²) < 4.78 is 20.5.